The van der Waals surface area contributed by atoms with Gasteiger partial charge >= 0.3 is 0 Å². The molecule has 0 bridgehead atoms. The Morgan fingerprint density at radius 2 is 1.54 bits per heavy atom. The molecule has 1 aliphatic heterocycles. The lowest BCUT2D eigenvalue weighted by Gasteiger charge is -2.48. The summed E-state index contributed by atoms with van der Waals surface area (Å²) in [5.74, 6) is 1.01. The zero-order valence-electron chi connectivity index (χ0n) is 17.3. The van der Waals surface area contributed by atoms with Crippen LogP contribution in [0.3, 0.4) is 0 Å². The van der Waals surface area contributed by atoms with Crippen LogP contribution in [-0.2, 0) is 15.0 Å². The highest BCUT2D eigenvalue weighted by Crippen LogP contribution is 2.44. The zero-order chi connectivity index (χ0) is 19.5. The quantitative estimate of drug-likeness (QED) is 0.453. The fraction of sp³-hybridized carbons (Fsp3) is 0.667. The summed E-state index contributed by atoms with van der Waals surface area (Å²) in [7, 11) is -1.93. The van der Waals surface area contributed by atoms with Crippen molar-refractivity contribution in [1.82, 2.24) is 5.32 Å². The van der Waals surface area contributed by atoms with E-state index in [-0.39, 0.29) is 23.3 Å². The Labute approximate surface area is 164 Å². The molecule has 3 atom stereocenters. The molecule has 2 rings (SSSR count). The van der Waals surface area contributed by atoms with Crippen molar-refractivity contribution in [3.63, 3.8) is 0 Å². The Kier molecular flexibility index (Phi) is 7.40. The number of amides is 1. The second kappa shape index (κ2) is 8.94. The van der Waals surface area contributed by atoms with Crippen molar-refractivity contribution in [1.29, 1.82) is 0 Å². The molecule has 1 fully saturated rings. The van der Waals surface area contributed by atoms with E-state index in [2.05, 4.69) is 65.9 Å². The van der Waals surface area contributed by atoms with Gasteiger partial charge in [-0.1, -0.05) is 71.9 Å². The number of carbonyl (C=O) groups excluding carboxylic acids is 1. The minimum Gasteiger partial charge on any atom is -0.411 e. The maximum atomic E-state index is 12.2. The molecule has 0 aliphatic carbocycles. The van der Waals surface area contributed by atoms with Crippen molar-refractivity contribution in [2.45, 2.75) is 88.2 Å². The van der Waals surface area contributed by atoms with Crippen molar-refractivity contribution >= 4 is 26.0 Å². The van der Waals surface area contributed by atoms with E-state index in [9.17, 15) is 4.79 Å². The van der Waals surface area contributed by atoms with E-state index < -0.39 is 8.32 Å². The third-order valence-electron chi connectivity index (χ3n) is 5.77. The molecule has 1 N–H and O–H groups in total. The summed E-state index contributed by atoms with van der Waals surface area (Å²) in [6.07, 6.45) is 0.0554. The average Bonchev–Trinajstić information content (AvgIpc) is 2.57. The third kappa shape index (κ3) is 4.37. The summed E-state index contributed by atoms with van der Waals surface area (Å²) in [6.45, 7) is 16.0. The molecule has 0 radical (unpaired) electrons. The minimum atomic E-state index is -1.93. The van der Waals surface area contributed by atoms with Crippen molar-refractivity contribution in [2.24, 2.45) is 0 Å². The third-order valence-corrected chi connectivity index (χ3v) is 13.3. The number of hydrogen-bond donors (Lipinski definition) is 1. The zero-order valence-corrected chi connectivity index (χ0v) is 19.1. The van der Waals surface area contributed by atoms with Crippen LogP contribution >= 0.6 is 11.8 Å². The van der Waals surface area contributed by atoms with Gasteiger partial charge < -0.3 is 9.74 Å². The highest BCUT2D eigenvalue weighted by molar-refractivity contribution is 8.00. The maximum absolute atomic E-state index is 12.2. The van der Waals surface area contributed by atoms with Gasteiger partial charge in [0.1, 0.15) is 5.25 Å². The smallest absolute Gasteiger partial charge is 0.235 e. The molecule has 0 aromatic heterocycles. The van der Waals surface area contributed by atoms with Gasteiger partial charge in [0.05, 0.1) is 12.1 Å². The molecule has 1 aromatic carbocycles. The number of rotatable bonds is 9. The monoisotopic (exact) mass is 393 g/mol. The number of hydrogen-bond acceptors (Lipinski definition) is 3. The van der Waals surface area contributed by atoms with Gasteiger partial charge in [-0.15, -0.1) is 11.8 Å². The minimum absolute atomic E-state index is 0.0107. The molecule has 1 aromatic rings. The van der Waals surface area contributed by atoms with Crippen LogP contribution in [0.5, 0.6) is 0 Å². The molecule has 1 saturated heterocycles. The summed E-state index contributed by atoms with van der Waals surface area (Å²) in [4.78, 5) is 12.2. The van der Waals surface area contributed by atoms with Gasteiger partial charge in [0.15, 0.2) is 0 Å². The summed E-state index contributed by atoms with van der Waals surface area (Å²) in [5, 5.41) is 3.09. The van der Waals surface area contributed by atoms with E-state index >= 15 is 0 Å². The molecule has 146 valence electrons. The van der Waals surface area contributed by atoms with E-state index in [0.29, 0.717) is 16.6 Å². The number of thioether (sulfide) groups is 1. The fourth-order valence-corrected chi connectivity index (χ4v) is 11.4. The number of nitrogens with one attached hydrogen (secondary N) is 1. The van der Waals surface area contributed by atoms with Gasteiger partial charge in [-0.25, -0.2) is 0 Å². The van der Waals surface area contributed by atoms with Gasteiger partial charge in [-0.3, -0.25) is 4.79 Å². The van der Waals surface area contributed by atoms with Gasteiger partial charge in [0.2, 0.25) is 14.2 Å². The first-order chi connectivity index (χ1) is 12.2. The van der Waals surface area contributed by atoms with E-state index in [4.69, 9.17) is 4.43 Å². The van der Waals surface area contributed by atoms with E-state index in [1.807, 2.05) is 18.2 Å². The van der Waals surface area contributed by atoms with Crippen molar-refractivity contribution in [3.8, 4) is 0 Å². The summed E-state index contributed by atoms with van der Waals surface area (Å²) in [5.41, 5.74) is 2.92. The Hall–Kier alpha value is -0.783. The predicted octanol–water partition coefficient (Wildman–Crippen LogP) is 5.37. The van der Waals surface area contributed by atoms with Crippen LogP contribution in [0.4, 0.5) is 0 Å². The average molecular weight is 394 g/mol. The van der Waals surface area contributed by atoms with E-state index in [1.165, 1.54) is 5.56 Å². The molecule has 0 unspecified atom stereocenters. The summed E-state index contributed by atoms with van der Waals surface area (Å²) >= 11 is 1.74. The number of β-lactam (4-membered cyclic amide) rings is 1. The van der Waals surface area contributed by atoms with Crippen molar-refractivity contribution in [3.05, 3.63) is 35.9 Å². The first kappa shape index (κ1) is 21.5. The van der Waals surface area contributed by atoms with Crippen LogP contribution in [0.1, 0.15) is 54.0 Å². The Morgan fingerprint density at radius 1 is 1.00 bits per heavy atom. The molecule has 1 aliphatic rings. The van der Waals surface area contributed by atoms with E-state index in [1.54, 1.807) is 11.8 Å². The normalized spacial score (nSPS) is 21.8. The highest BCUT2D eigenvalue weighted by Gasteiger charge is 2.50. The van der Waals surface area contributed by atoms with Crippen molar-refractivity contribution < 1.29 is 9.22 Å². The number of carbonyl (C=O) groups is 1. The van der Waals surface area contributed by atoms with Crippen LogP contribution in [0, 0.1) is 0 Å². The molecule has 3 nitrogen and oxygen atoms in total. The first-order valence-corrected chi connectivity index (χ1v) is 13.0. The Balaban J connectivity index is 2.05. The topological polar surface area (TPSA) is 38.3 Å². The fourth-order valence-electron chi connectivity index (χ4n) is 4.50. The molecule has 1 heterocycles. The maximum Gasteiger partial charge on any atom is 0.235 e. The SMILES string of the molecule is CC(C)[Si](O[C@@H](C)[C@H]1NC(=O)[C@@H]1SCc1ccccc1)(C(C)C)C(C)C. The second-order valence-corrected chi connectivity index (χ2v) is 14.9. The Bertz CT molecular complexity index is 569. The lowest BCUT2D eigenvalue weighted by atomic mass is 10.0. The predicted molar refractivity (Wildman–Crippen MR) is 115 cm³/mol. The van der Waals surface area contributed by atoms with Crippen molar-refractivity contribution in [2.75, 3.05) is 0 Å². The van der Waals surface area contributed by atoms with Gasteiger partial charge in [0.25, 0.3) is 0 Å². The van der Waals surface area contributed by atoms with Gasteiger partial charge in [0, 0.05) is 5.75 Å². The van der Waals surface area contributed by atoms with Crippen LogP contribution < -0.4 is 5.32 Å². The van der Waals surface area contributed by atoms with E-state index in [0.717, 1.165) is 5.75 Å². The lowest BCUT2D eigenvalue weighted by molar-refractivity contribution is -0.129. The Morgan fingerprint density at radius 3 is 2.00 bits per heavy atom. The molecule has 0 spiro atoms. The second-order valence-electron chi connectivity index (χ2n) is 8.39. The first-order valence-electron chi connectivity index (χ1n) is 9.83. The molecule has 26 heavy (non-hydrogen) atoms. The lowest BCUT2D eigenvalue weighted by Crippen LogP contribution is -2.67. The standard InChI is InChI=1S/C21H35NO2SSi/c1-14(2)26(15(3)4,16(5)6)24-17(7)19-20(21(23)22-19)25-13-18-11-9-8-10-12-18/h8-12,14-17,19-20H,13H2,1-7H3,(H,22,23)/t17-,19+,20+/m0/s1. The van der Waals surface area contributed by atoms with Crippen LogP contribution in [0.15, 0.2) is 30.3 Å². The number of benzene rings is 1. The van der Waals surface area contributed by atoms with Crippen LogP contribution in [0.25, 0.3) is 0 Å². The largest absolute Gasteiger partial charge is 0.411 e. The molecular formula is C21H35NO2SSi. The van der Waals surface area contributed by atoms with Crippen LogP contribution in [-0.4, -0.2) is 31.6 Å². The van der Waals surface area contributed by atoms with Crippen LogP contribution in [0.2, 0.25) is 16.6 Å². The summed E-state index contributed by atoms with van der Waals surface area (Å²) in [6, 6.07) is 10.5. The molecule has 1 amide bonds. The molecular weight excluding hydrogens is 358 g/mol. The summed E-state index contributed by atoms with van der Waals surface area (Å²) < 4.78 is 6.87. The highest BCUT2D eigenvalue weighted by atomic mass is 32.2. The molecule has 5 heteroatoms. The van der Waals surface area contributed by atoms with Gasteiger partial charge in [-0.05, 0) is 29.1 Å². The molecule has 0 saturated carbocycles. The van der Waals surface area contributed by atoms with Gasteiger partial charge in [-0.2, -0.15) is 0 Å².